The van der Waals surface area contributed by atoms with Gasteiger partial charge in [-0.1, -0.05) is 33.6 Å². The summed E-state index contributed by atoms with van der Waals surface area (Å²) in [7, 11) is 1.54. The second-order valence-corrected chi connectivity index (χ2v) is 9.15. The van der Waals surface area contributed by atoms with Crippen LogP contribution in [-0.4, -0.2) is 24.8 Å². The molecule has 3 heteroatoms. The Hall–Kier alpha value is -0.570. The first kappa shape index (κ1) is 19.8. The number of aliphatic hydroxyl groups excluding tert-OH is 1. The van der Waals surface area contributed by atoms with Crippen LogP contribution in [0, 0.1) is 34.5 Å². The van der Waals surface area contributed by atoms with Crippen molar-refractivity contribution < 1.29 is 14.6 Å². The molecule has 0 bridgehead atoms. The van der Waals surface area contributed by atoms with Gasteiger partial charge in [0.2, 0.25) is 0 Å². The largest absolute Gasteiger partial charge is 0.469 e. The number of hydrogen-bond acceptors (Lipinski definition) is 3. The van der Waals surface area contributed by atoms with Crippen molar-refractivity contribution in [3.8, 4) is 0 Å². The number of hydrogen-bond donors (Lipinski definition) is 1. The van der Waals surface area contributed by atoms with Crippen molar-refractivity contribution in [1.82, 2.24) is 0 Å². The molecule has 0 aliphatic heterocycles. The van der Waals surface area contributed by atoms with E-state index in [1.165, 1.54) is 32.1 Å². The standard InChI is InChI=1S/C21H38O3/c1-15(11-14-22)10-13-20(3)16(2)8-9-18-17(20)7-6-12-21(18,4)19(23)24-5/h15-18,22H,6-14H2,1-5H3/t15-,16-,17-,18-,20+,21+/m1/s1. The van der Waals surface area contributed by atoms with Gasteiger partial charge in [-0.05, 0) is 74.5 Å². The second-order valence-electron chi connectivity index (χ2n) is 9.15. The number of fused-ring (bicyclic) bond motifs is 1. The molecule has 3 nitrogen and oxygen atoms in total. The minimum Gasteiger partial charge on any atom is -0.469 e. The SMILES string of the molecule is COC(=O)[C@@]1(C)CCC[C@@H]2[C@H]1CC[C@@H](C)[C@]2(C)CC[C@@H](C)CCO. The van der Waals surface area contributed by atoms with E-state index < -0.39 is 0 Å². The number of rotatable bonds is 6. The molecule has 2 aliphatic rings. The van der Waals surface area contributed by atoms with E-state index in [4.69, 9.17) is 4.74 Å². The average molecular weight is 339 g/mol. The Balaban J connectivity index is 2.20. The number of ether oxygens (including phenoxy) is 1. The van der Waals surface area contributed by atoms with Gasteiger partial charge in [-0.25, -0.2) is 0 Å². The third kappa shape index (κ3) is 3.52. The first-order chi connectivity index (χ1) is 11.3. The first-order valence-corrected chi connectivity index (χ1v) is 9.99. The topological polar surface area (TPSA) is 46.5 Å². The number of carbonyl (C=O) groups is 1. The molecule has 2 fully saturated rings. The molecular weight excluding hydrogens is 300 g/mol. The summed E-state index contributed by atoms with van der Waals surface area (Å²) in [6, 6.07) is 0. The molecule has 0 aromatic carbocycles. The summed E-state index contributed by atoms with van der Waals surface area (Å²) >= 11 is 0. The molecule has 2 rings (SSSR count). The molecule has 0 aromatic heterocycles. The minimum absolute atomic E-state index is 0.00255. The van der Waals surface area contributed by atoms with E-state index in [1.54, 1.807) is 7.11 Å². The lowest BCUT2D eigenvalue weighted by Gasteiger charge is -2.57. The van der Waals surface area contributed by atoms with Crippen LogP contribution in [0.3, 0.4) is 0 Å². The Bertz CT molecular complexity index is 435. The van der Waals surface area contributed by atoms with Gasteiger partial charge < -0.3 is 9.84 Å². The van der Waals surface area contributed by atoms with Gasteiger partial charge in [0.25, 0.3) is 0 Å². The minimum atomic E-state index is -0.296. The zero-order valence-electron chi connectivity index (χ0n) is 16.4. The van der Waals surface area contributed by atoms with Crippen molar-refractivity contribution in [1.29, 1.82) is 0 Å². The fourth-order valence-electron chi connectivity index (χ4n) is 5.79. The fourth-order valence-corrected chi connectivity index (χ4v) is 5.79. The highest BCUT2D eigenvalue weighted by atomic mass is 16.5. The summed E-state index contributed by atoms with van der Waals surface area (Å²) in [5.74, 6) is 2.38. The Morgan fingerprint density at radius 3 is 2.54 bits per heavy atom. The van der Waals surface area contributed by atoms with Crippen molar-refractivity contribution in [3.63, 3.8) is 0 Å². The van der Waals surface area contributed by atoms with Gasteiger partial charge >= 0.3 is 5.97 Å². The Labute approximate surface area is 148 Å². The summed E-state index contributed by atoms with van der Waals surface area (Å²) < 4.78 is 5.20. The first-order valence-electron chi connectivity index (χ1n) is 9.99. The molecule has 24 heavy (non-hydrogen) atoms. The molecule has 0 saturated heterocycles. The van der Waals surface area contributed by atoms with E-state index in [1.807, 2.05) is 0 Å². The van der Waals surface area contributed by atoms with Gasteiger partial charge in [-0.15, -0.1) is 0 Å². The molecule has 0 radical (unpaired) electrons. The fraction of sp³-hybridized carbons (Fsp3) is 0.952. The Morgan fingerprint density at radius 1 is 1.21 bits per heavy atom. The Kier molecular flexibility index (Phi) is 6.39. The van der Waals surface area contributed by atoms with Crippen LogP contribution in [0.2, 0.25) is 0 Å². The van der Waals surface area contributed by atoms with Gasteiger partial charge in [0.1, 0.15) is 0 Å². The lowest BCUT2D eigenvalue weighted by atomic mass is 9.47. The zero-order chi connectivity index (χ0) is 18.0. The van der Waals surface area contributed by atoms with Crippen molar-refractivity contribution in [2.24, 2.45) is 34.5 Å². The van der Waals surface area contributed by atoms with Gasteiger partial charge in [-0.2, -0.15) is 0 Å². The third-order valence-electron chi connectivity index (χ3n) is 7.85. The van der Waals surface area contributed by atoms with E-state index in [0.717, 1.165) is 19.3 Å². The van der Waals surface area contributed by atoms with E-state index in [2.05, 4.69) is 27.7 Å². The second kappa shape index (κ2) is 7.76. The van der Waals surface area contributed by atoms with Crippen LogP contribution in [0.1, 0.15) is 79.1 Å². The van der Waals surface area contributed by atoms with Gasteiger partial charge in [0.15, 0.2) is 0 Å². The predicted molar refractivity (Wildman–Crippen MR) is 97.6 cm³/mol. The van der Waals surface area contributed by atoms with Crippen LogP contribution in [0.5, 0.6) is 0 Å². The van der Waals surface area contributed by atoms with Crippen LogP contribution in [0.15, 0.2) is 0 Å². The molecule has 0 spiro atoms. The molecule has 1 N–H and O–H groups in total. The van der Waals surface area contributed by atoms with E-state index in [9.17, 15) is 9.90 Å². The highest BCUT2D eigenvalue weighted by molar-refractivity contribution is 5.77. The molecule has 0 aromatic rings. The maximum Gasteiger partial charge on any atom is 0.311 e. The van der Waals surface area contributed by atoms with Crippen molar-refractivity contribution in [2.75, 3.05) is 13.7 Å². The maximum absolute atomic E-state index is 12.5. The quantitative estimate of drug-likeness (QED) is 0.706. The highest BCUT2D eigenvalue weighted by Crippen LogP contribution is 2.60. The average Bonchev–Trinajstić information content (AvgIpc) is 2.56. The van der Waals surface area contributed by atoms with Crippen LogP contribution >= 0.6 is 0 Å². The van der Waals surface area contributed by atoms with E-state index in [0.29, 0.717) is 35.7 Å². The van der Waals surface area contributed by atoms with Crippen LogP contribution in [-0.2, 0) is 9.53 Å². The molecular formula is C21H38O3. The summed E-state index contributed by atoms with van der Waals surface area (Å²) in [4.78, 5) is 12.5. The van der Waals surface area contributed by atoms with Gasteiger partial charge in [-0.3, -0.25) is 4.79 Å². The van der Waals surface area contributed by atoms with Crippen molar-refractivity contribution in [2.45, 2.75) is 79.1 Å². The van der Waals surface area contributed by atoms with Crippen LogP contribution < -0.4 is 0 Å². The molecule has 0 unspecified atom stereocenters. The highest BCUT2D eigenvalue weighted by Gasteiger charge is 2.56. The number of methoxy groups -OCH3 is 1. The summed E-state index contributed by atoms with van der Waals surface area (Å²) in [5.41, 5.74) is 0.0120. The third-order valence-corrected chi connectivity index (χ3v) is 7.85. The van der Waals surface area contributed by atoms with Crippen LogP contribution in [0.25, 0.3) is 0 Å². The van der Waals surface area contributed by atoms with Gasteiger partial charge in [0.05, 0.1) is 12.5 Å². The maximum atomic E-state index is 12.5. The zero-order valence-corrected chi connectivity index (χ0v) is 16.4. The smallest absolute Gasteiger partial charge is 0.311 e. The Morgan fingerprint density at radius 2 is 1.92 bits per heavy atom. The lowest BCUT2D eigenvalue weighted by Crippen LogP contribution is -2.53. The van der Waals surface area contributed by atoms with E-state index >= 15 is 0 Å². The van der Waals surface area contributed by atoms with Crippen molar-refractivity contribution in [3.05, 3.63) is 0 Å². The number of carbonyl (C=O) groups excluding carboxylic acids is 1. The summed E-state index contributed by atoms with van der Waals surface area (Å²) in [6.07, 6.45) is 9.06. The predicted octanol–water partition coefficient (Wildman–Crippen LogP) is 4.82. The number of esters is 1. The molecule has 2 saturated carbocycles. The summed E-state index contributed by atoms with van der Waals surface area (Å²) in [5, 5.41) is 9.18. The molecule has 2 aliphatic carbocycles. The van der Waals surface area contributed by atoms with Crippen LogP contribution in [0.4, 0.5) is 0 Å². The number of aliphatic hydroxyl groups is 1. The molecule has 0 heterocycles. The molecule has 0 amide bonds. The van der Waals surface area contributed by atoms with Crippen molar-refractivity contribution >= 4 is 5.97 Å². The lowest BCUT2D eigenvalue weighted by molar-refractivity contribution is -0.168. The van der Waals surface area contributed by atoms with E-state index in [-0.39, 0.29) is 11.4 Å². The van der Waals surface area contributed by atoms with Gasteiger partial charge in [0, 0.05) is 6.61 Å². The molecule has 140 valence electrons. The molecule has 6 atom stereocenters. The monoisotopic (exact) mass is 338 g/mol. The normalized spacial score (nSPS) is 40.7. The summed E-state index contributed by atoms with van der Waals surface area (Å²) in [6.45, 7) is 9.59.